The molecular formula is C14H18ClNO2. The van der Waals surface area contributed by atoms with E-state index in [1.807, 2.05) is 18.2 Å². The molecule has 0 aromatic heterocycles. The molecule has 2 aliphatic rings. The van der Waals surface area contributed by atoms with E-state index in [0.29, 0.717) is 5.92 Å². The third-order valence-electron chi connectivity index (χ3n) is 3.59. The molecule has 0 amide bonds. The molecule has 18 heavy (non-hydrogen) atoms. The molecule has 1 saturated heterocycles. The standard InChI is InChI=1S/C14H18ClNO2/c15-12-1-2-14-11(5-12)6-13(18-14)8-16-7-10-3-4-17-9-10/h1-2,5,10,13,16H,3-4,6-9H2. The van der Waals surface area contributed by atoms with Crippen molar-refractivity contribution in [3.05, 3.63) is 28.8 Å². The lowest BCUT2D eigenvalue weighted by Gasteiger charge is -2.14. The summed E-state index contributed by atoms with van der Waals surface area (Å²) in [5, 5.41) is 4.27. The van der Waals surface area contributed by atoms with Gasteiger partial charge in [-0.15, -0.1) is 0 Å². The molecule has 2 aliphatic heterocycles. The lowest BCUT2D eigenvalue weighted by Crippen LogP contribution is -2.33. The van der Waals surface area contributed by atoms with Crippen LogP contribution in [0.5, 0.6) is 5.75 Å². The molecule has 0 saturated carbocycles. The first kappa shape index (κ1) is 12.3. The lowest BCUT2D eigenvalue weighted by molar-refractivity contribution is 0.182. The van der Waals surface area contributed by atoms with Gasteiger partial charge in [0.15, 0.2) is 0 Å². The maximum Gasteiger partial charge on any atom is 0.123 e. The minimum Gasteiger partial charge on any atom is -0.488 e. The summed E-state index contributed by atoms with van der Waals surface area (Å²) in [6.07, 6.45) is 2.36. The number of benzene rings is 1. The van der Waals surface area contributed by atoms with Crippen LogP contribution in [0, 0.1) is 5.92 Å². The minimum atomic E-state index is 0.237. The van der Waals surface area contributed by atoms with Gasteiger partial charge in [0.25, 0.3) is 0 Å². The number of hydrogen-bond acceptors (Lipinski definition) is 3. The first-order chi connectivity index (χ1) is 8.81. The first-order valence-electron chi connectivity index (χ1n) is 6.55. The molecule has 98 valence electrons. The molecule has 0 radical (unpaired) electrons. The number of hydrogen-bond donors (Lipinski definition) is 1. The molecule has 1 N–H and O–H groups in total. The van der Waals surface area contributed by atoms with Crippen molar-refractivity contribution in [2.45, 2.75) is 18.9 Å². The molecule has 0 bridgehead atoms. The second kappa shape index (κ2) is 5.47. The Bertz CT molecular complexity index is 418. The quantitative estimate of drug-likeness (QED) is 0.908. The lowest BCUT2D eigenvalue weighted by atomic mass is 10.1. The van der Waals surface area contributed by atoms with Crippen molar-refractivity contribution in [1.29, 1.82) is 0 Å². The Labute approximate surface area is 112 Å². The van der Waals surface area contributed by atoms with Gasteiger partial charge in [-0.3, -0.25) is 0 Å². The van der Waals surface area contributed by atoms with Crippen LogP contribution in [-0.2, 0) is 11.2 Å². The van der Waals surface area contributed by atoms with Crippen molar-refractivity contribution in [2.24, 2.45) is 5.92 Å². The molecule has 2 atom stereocenters. The van der Waals surface area contributed by atoms with Crippen molar-refractivity contribution >= 4 is 11.6 Å². The normalized spacial score (nSPS) is 26.1. The molecule has 2 heterocycles. The largest absolute Gasteiger partial charge is 0.488 e. The van der Waals surface area contributed by atoms with E-state index in [0.717, 1.165) is 43.5 Å². The summed E-state index contributed by atoms with van der Waals surface area (Å²) in [6, 6.07) is 5.84. The van der Waals surface area contributed by atoms with E-state index in [1.54, 1.807) is 0 Å². The molecule has 3 rings (SSSR count). The van der Waals surface area contributed by atoms with Crippen molar-refractivity contribution in [3.63, 3.8) is 0 Å². The number of fused-ring (bicyclic) bond motifs is 1. The SMILES string of the molecule is Clc1ccc2c(c1)CC(CNCC1CCOC1)O2. The van der Waals surface area contributed by atoms with Crippen LogP contribution >= 0.6 is 11.6 Å². The fraction of sp³-hybridized carbons (Fsp3) is 0.571. The van der Waals surface area contributed by atoms with Gasteiger partial charge in [-0.25, -0.2) is 0 Å². The summed E-state index contributed by atoms with van der Waals surface area (Å²) < 4.78 is 11.2. The molecule has 0 spiro atoms. The Morgan fingerprint density at radius 2 is 2.28 bits per heavy atom. The van der Waals surface area contributed by atoms with Crippen LogP contribution < -0.4 is 10.1 Å². The molecule has 1 fully saturated rings. The zero-order valence-electron chi connectivity index (χ0n) is 10.3. The third-order valence-corrected chi connectivity index (χ3v) is 3.83. The Kier molecular flexibility index (Phi) is 3.73. The minimum absolute atomic E-state index is 0.237. The summed E-state index contributed by atoms with van der Waals surface area (Å²) in [7, 11) is 0. The summed E-state index contributed by atoms with van der Waals surface area (Å²) in [4.78, 5) is 0. The topological polar surface area (TPSA) is 30.5 Å². The second-order valence-corrected chi connectivity index (χ2v) is 5.52. The van der Waals surface area contributed by atoms with Gasteiger partial charge in [-0.1, -0.05) is 11.6 Å². The summed E-state index contributed by atoms with van der Waals surface area (Å²) >= 11 is 5.98. The van der Waals surface area contributed by atoms with Crippen molar-refractivity contribution in [1.82, 2.24) is 5.32 Å². The Balaban J connectivity index is 1.46. The van der Waals surface area contributed by atoms with E-state index in [2.05, 4.69) is 5.32 Å². The fourth-order valence-electron chi connectivity index (χ4n) is 2.60. The second-order valence-electron chi connectivity index (χ2n) is 5.08. The number of nitrogens with one attached hydrogen (secondary N) is 1. The Morgan fingerprint density at radius 1 is 1.33 bits per heavy atom. The third kappa shape index (κ3) is 2.79. The van der Waals surface area contributed by atoms with E-state index in [1.165, 1.54) is 12.0 Å². The fourth-order valence-corrected chi connectivity index (χ4v) is 2.79. The zero-order valence-corrected chi connectivity index (χ0v) is 11.1. The number of halogens is 1. The van der Waals surface area contributed by atoms with Crippen LogP contribution in [0.15, 0.2) is 18.2 Å². The van der Waals surface area contributed by atoms with Gasteiger partial charge in [-0.05, 0) is 36.1 Å². The first-order valence-corrected chi connectivity index (χ1v) is 6.92. The maximum absolute atomic E-state index is 5.98. The molecule has 1 aromatic rings. The predicted octanol–water partition coefficient (Wildman–Crippen LogP) is 2.27. The van der Waals surface area contributed by atoms with Crippen LogP contribution in [0.2, 0.25) is 5.02 Å². The van der Waals surface area contributed by atoms with Crippen LogP contribution in [0.4, 0.5) is 0 Å². The molecule has 0 aliphatic carbocycles. The predicted molar refractivity (Wildman–Crippen MR) is 71.4 cm³/mol. The average molecular weight is 268 g/mol. The molecule has 2 unspecified atom stereocenters. The molecular weight excluding hydrogens is 250 g/mol. The summed E-state index contributed by atoms with van der Waals surface area (Å²) in [5.74, 6) is 1.65. The Morgan fingerprint density at radius 3 is 3.11 bits per heavy atom. The monoisotopic (exact) mass is 267 g/mol. The van der Waals surface area contributed by atoms with E-state index in [-0.39, 0.29) is 6.10 Å². The summed E-state index contributed by atoms with van der Waals surface area (Å²) in [5.41, 5.74) is 1.22. The van der Waals surface area contributed by atoms with Crippen LogP contribution in [0.1, 0.15) is 12.0 Å². The van der Waals surface area contributed by atoms with E-state index < -0.39 is 0 Å². The van der Waals surface area contributed by atoms with Crippen LogP contribution in [-0.4, -0.2) is 32.4 Å². The van der Waals surface area contributed by atoms with E-state index in [4.69, 9.17) is 21.1 Å². The van der Waals surface area contributed by atoms with E-state index >= 15 is 0 Å². The van der Waals surface area contributed by atoms with Crippen molar-refractivity contribution in [2.75, 3.05) is 26.3 Å². The molecule has 1 aromatic carbocycles. The molecule has 4 heteroatoms. The highest BCUT2D eigenvalue weighted by molar-refractivity contribution is 6.30. The van der Waals surface area contributed by atoms with Gasteiger partial charge < -0.3 is 14.8 Å². The average Bonchev–Trinajstić information content (AvgIpc) is 2.97. The smallest absolute Gasteiger partial charge is 0.123 e. The number of ether oxygens (including phenoxy) is 2. The van der Waals surface area contributed by atoms with E-state index in [9.17, 15) is 0 Å². The van der Waals surface area contributed by atoms with Gasteiger partial charge in [0.1, 0.15) is 11.9 Å². The van der Waals surface area contributed by atoms with Gasteiger partial charge >= 0.3 is 0 Å². The molecule has 3 nitrogen and oxygen atoms in total. The van der Waals surface area contributed by atoms with Crippen molar-refractivity contribution in [3.8, 4) is 5.75 Å². The highest BCUT2D eigenvalue weighted by Crippen LogP contribution is 2.30. The van der Waals surface area contributed by atoms with Gasteiger partial charge in [0.05, 0.1) is 6.61 Å². The van der Waals surface area contributed by atoms with Crippen LogP contribution in [0.3, 0.4) is 0 Å². The number of rotatable bonds is 4. The zero-order chi connectivity index (χ0) is 12.4. The summed E-state index contributed by atoms with van der Waals surface area (Å²) in [6.45, 7) is 3.73. The van der Waals surface area contributed by atoms with Gasteiger partial charge in [-0.2, -0.15) is 0 Å². The highest BCUT2D eigenvalue weighted by atomic mass is 35.5. The maximum atomic E-state index is 5.98. The van der Waals surface area contributed by atoms with Gasteiger partial charge in [0.2, 0.25) is 0 Å². The Hall–Kier alpha value is -0.770. The van der Waals surface area contributed by atoms with Crippen LogP contribution in [0.25, 0.3) is 0 Å². The highest BCUT2D eigenvalue weighted by Gasteiger charge is 2.23. The van der Waals surface area contributed by atoms with Gasteiger partial charge in [0, 0.05) is 31.1 Å². The van der Waals surface area contributed by atoms with Crippen molar-refractivity contribution < 1.29 is 9.47 Å².